The number of allylic oxidation sites excluding steroid dienone is 3. The Balaban J connectivity index is 2.61. The number of hydrogen-bond acceptors (Lipinski definition) is 8. The molecule has 0 bridgehead atoms. The maximum atomic E-state index is 13.2. The van der Waals surface area contributed by atoms with Crippen molar-refractivity contribution in [1.29, 1.82) is 0 Å². The number of carbonyl (C=O) groups excluding carboxylic acids is 2. The van der Waals surface area contributed by atoms with Crippen LogP contribution in [0.1, 0.15) is 108 Å². The second kappa shape index (κ2) is 18.1. The Kier molecular flexibility index (Phi) is 15.3. The maximum absolute atomic E-state index is 13.2. The number of benzene rings is 1. The van der Waals surface area contributed by atoms with Crippen molar-refractivity contribution in [3.05, 3.63) is 47.1 Å². The quantitative estimate of drug-likeness (QED) is 0.0816. The predicted octanol–water partition coefficient (Wildman–Crippen LogP) is 5.16. The van der Waals surface area contributed by atoms with Crippen molar-refractivity contribution in [1.82, 2.24) is 0 Å². The largest absolute Gasteiger partial charge is 0.425 e. The fourth-order valence-electron chi connectivity index (χ4n) is 5.40. The molecule has 0 saturated carbocycles. The topological polar surface area (TPSA) is 157 Å². The first kappa shape index (κ1) is 34.7. The number of hydrogen-bond donors (Lipinski definition) is 4. The normalized spacial score (nSPS) is 18.4. The molecule has 8 heteroatoms. The number of rotatable bonds is 18. The van der Waals surface area contributed by atoms with Crippen LogP contribution in [0.5, 0.6) is 11.5 Å². The van der Waals surface area contributed by atoms with E-state index in [4.69, 9.17) is 32.4 Å². The Morgan fingerprint density at radius 1 is 0.927 bits per heavy atom. The highest BCUT2D eigenvalue weighted by atomic mass is 16.5. The summed E-state index contributed by atoms with van der Waals surface area (Å²) in [5, 5.41) is 0. The van der Waals surface area contributed by atoms with Crippen molar-refractivity contribution in [2.24, 2.45) is 28.9 Å². The second-order valence-electron chi connectivity index (χ2n) is 11.6. The van der Waals surface area contributed by atoms with Crippen LogP contribution in [0.4, 0.5) is 0 Å². The van der Waals surface area contributed by atoms with E-state index in [9.17, 15) is 9.59 Å². The summed E-state index contributed by atoms with van der Waals surface area (Å²) in [6, 6.07) is 2.28. The highest BCUT2D eigenvalue weighted by Gasteiger charge is 2.33. The molecular weight excluding hydrogens is 516 g/mol. The minimum absolute atomic E-state index is 0.0935. The lowest BCUT2D eigenvalue weighted by Gasteiger charge is -2.33. The number of aryl methyl sites for hydroxylation is 1. The van der Waals surface area contributed by atoms with Gasteiger partial charge in [-0.25, -0.2) is 9.59 Å². The van der Waals surface area contributed by atoms with Crippen molar-refractivity contribution < 1.29 is 19.1 Å². The fraction of sp³-hybridized carbons (Fsp3) is 0.636. The van der Waals surface area contributed by atoms with Crippen LogP contribution in [0.2, 0.25) is 0 Å². The molecule has 0 fully saturated rings. The van der Waals surface area contributed by atoms with E-state index < -0.39 is 24.0 Å². The molecule has 0 amide bonds. The Morgan fingerprint density at radius 2 is 1.46 bits per heavy atom. The summed E-state index contributed by atoms with van der Waals surface area (Å²) in [5.41, 5.74) is 27.6. The van der Waals surface area contributed by atoms with E-state index in [1.54, 1.807) is 0 Å². The van der Waals surface area contributed by atoms with Gasteiger partial charge in [0.1, 0.15) is 23.6 Å². The predicted molar refractivity (Wildman–Crippen MR) is 167 cm³/mol. The van der Waals surface area contributed by atoms with Crippen LogP contribution in [-0.2, 0) is 16.0 Å². The van der Waals surface area contributed by atoms with Gasteiger partial charge < -0.3 is 32.4 Å². The van der Waals surface area contributed by atoms with E-state index in [0.29, 0.717) is 43.0 Å². The smallest absolute Gasteiger partial charge is 0.328 e. The average molecular weight is 571 g/mol. The van der Waals surface area contributed by atoms with Crippen molar-refractivity contribution in [2.75, 3.05) is 13.1 Å². The third-order valence-electron chi connectivity index (χ3n) is 7.91. The number of unbranched alkanes of at least 4 members (excludes halogenated alkanes) is 4. The van der Waals surface area contributed by atoms with Gasteiger partial charge in [0, 0.05) is 11.5 Å². The van der Waals surface area contributed by atoms with Crippen molar-refractivity contribution in [3.8, 4) is 11.5 Å². The first-order valence-corrected chi connectivity index (χ1v) is 15.5. The first-order chi connectivity index (χ1) is 19.6. The van der Waals surface area contributed by atoms with E-state index in [0.717, 1.165) is 75.3 Å². The van der Waals surface area contributed by atoms with Gasteiger partial charge in [-0.2, -0.15) is 0 Å². The van der Waals surface area contributed by atoms with Crippen LogP contribution < -0.4 is 32.4 Å². The van der Waals surface area contributed by atoms with Crippen LogP contribution in [-0.4, -0.2) is 37.1 Å². The second-order valence-corrected chi connectivity index (χ2v) is 11.6. The van der Waals surface area contributed by atoms with E-state index in [2.05, 4.69) is 26.5 Å². The zero-order valence-corrected chi connectivity index (χ0v) is 25.6. The molecule has 0 aromatic heterocycles. The van der Waals surface area contributed by atoms with Crippen LogP contribution in [0.25, 0.3) is 0 Å². The SMILES string of the molecule is C=C(C)C1CCC(C)=C[C@H]1c1c(OC(=O)[C@@H](N)CCCCN)cc(CCCCC)cc1OC(=O)[C@@H](N)CCCCN. The zero-order valence-electron chi connectivity index (χ0n) is 25.6. The molecule has 1 unspecified atom stereocenters. The minimum Gasteiger partial charge on any atom is -0.425 e. The molecule has 1 aromatic carbocycles. The molecule has 0 spiro atoms. The van der Waals surface area contributed by atoms with Crippen molar-refractivity contribution in [3.63, 3.8) is 0 Å². The van der Waals surface area contributed by atoms with Gasteiger partial charge in [-0.15, -0.1) is 0 Å². The summed E-state index contributed by atoms with van der Waals surface area (Å²) in [6.45, 7) is 11.6. The van der Waals surface area contributed by atoms with Gasteiger partial charge >= 0.3 is 11.9 Å². The third-order valence-corrected chi connectivity index (χ3v) is 7.91. The molecule has 4 atom stereocenters. The summed E-state index contributed by atoms with van der Waals surface area (Å²) in [6.07, 6.45) is 11.9. The summed E-state index contributed by atoms with van der Waals surface area (Å²) >= 11 is 0. The molecule has 0 radical (unpaired) electrons. The molecule has 1 aliphatic rings. The molecule has 8 N–H and O–H groups in total. The molecule has 8 nitrogen and oxygen atoms in total. The van der Waals surface area contributed by atoms with E-state index in [1.807, 2.05) is 19.1 Å². The Bertz CT molecular complexity index is 987. The van der Waals surface area contributed by atoms with Gasteiger partial charge in [0.15, 0.2) is 0 Å². The van der Waals surface area contributed by atoms with E-state index in [1.165, 1.54) is 5.57 Å². The highest BCUT2D eigenvalue weighted by Crippen LogP contribution is 2.47. The van der Waals surface area contributed by atoms with Gasteiger partial charge in [0.05, 0.1) is 0 Å². The summed E-state index contributed by atoms with van der Waals surface area (Å²) in [7, 11) is 0. The van der Waals surface area contributed by atoms with Gasteiger partial charge in [-0.3, -0.25) is 0 Å². The first-order valence-electron chi connectivity index (χ1n) is 15.5. The average Bonchev–Trinajstić information content (AvgIpc) is 2.93. The van der Waals surface area contributed by atoms with Crippen LogP contribution in [0.15, 0.2) is 35.9 Å². The minimum atomic E-state index is -0.777. The maximum Gasteiger partial charge on any atom is 0.328 e. The Labute approximate surface area is 247 Å². The monoisotopic (exact) mass is 570 g/mol. The molecular formula is C33H54N4O4. The lowest BCUT2D eigenvalue weighted by molar-refractivity contribution is -0.136. The molecule has 0 heterocycles. The Morgan fingerprint density at radius 3 is 1.93 bits per heavy atom. The van der Waals surface area contributed by atoms with Gasteiger partial charge in [0.25, 0.3) is 0 Å². The van der Waals surface area contributed by atoms with Crippen molar-refractivity contribution in [2.45, 2.75) is 116 Å². The summed E-state index contributed by atoms with van der Waals surface area (Å²) in [4.78, 5) is 26.5. The van der Waals surface area contributed by atoms with Crippen LogP contribution in [0, 0.1) is 5.92 Å². The van der Waals surface area contributed by atoms with Gasteiger partial charge in [-0.1, -0.05) is 56.4 Å². The lowest BCUT2D eigenvalue weighted by atomic mass is 9.73. The lowest BCUT2D eigenvalue weighted by Crippen LogP contribution is -2.35. The van der Waals surface area contributed by atoms with Crippen LogP contribution in [0.3, 0.4) is 0 Å². The number of esters is 2. The third kappa shape index (κ3) is 11.0. The number of ether oxygens (including phenoxy) is 2. The molecule has 0 aliphatic heterocycles. The molecule has 1 aromatic rings. The van der Waals surface area contributed by atoms with Gasteiger partial charge in [0.2, 0.25) is 0 Å². The summed E-state index contributed by atoms with van der Waals surface area (Å²) < 4.78 is 12.1. The molecule has 0 saturated heterocycles. The van der Waals surface area contributed by atoms with Gasteiger partial charge in [-0.05, 0) is 102 Å². The highest BCUT2D eigenvalue weighted by molar-refractivity contribution is 5.81. The number of carbonyl (C=O) groups is 2. The van der Waals surface area contributed by atoms with E-state index >= 15 is 0 Å². The Hall–Kier alpha value is -2.52. The zero-order chi connectivity index (χ0) is 30.4. The van der Waals surface area contributed by atoms with E-state index in [-0.39, 0.29) is 11.8 Å². The molecule has 1 aliphatic carbocycles. The molecule has 230 valence electrons. The molecule has 41 heavy (non-hydrogen) atoms. The standard InChI is InChI=1S/C33H54N4O4/c1-5-6-7-12-24-20-29(40-32(38)27(36)13-8-10-17-34)31(26-19-23(4)15-16-25(26)22(2)3)30(21-24)41-33(39)28(37)14-9-11-18-35/h19-21,25-28H,2,5-18,34-37H2,1,3-4H3/t25?,26-,27+,28+/m1/s1. The number of nitrogens with two attached hydrogens (primary N) is 4. The molecule has 2 rings (SSSR count). The summed E-state index contributed by atoms with van der Waals surface area (Å²) in [5.74, 6) is -0.323. The fourth-order valence-corrected chi connectivity index (χ4v) is 5.40. The van der Waals surface area contributed by atoms with Crippen LogP contribution >= 0.6 is 0 Å². The van der Waals surface area contributed by atoms with Crippen molar-refractivity contribution >= 4 is 11.9 Å².